The van der Waals surface area contributed by atoms with Crippen LogP contribution in [0.3, 0.4) is 0 Å². The van der Waals surface area contributed by atoms with E-state index in [1.165, 1.54) is 0 Å². The van der Waals surface area contributed by atoms with Gasteiger partial charge in [-0.3, -0.25) is 0 Å². The normalized spacial score (nSPS) is 14.9. The first-order chi connectivity index (χ1) is 7.09. The maximum atomic E-state index is 9.14. The summed E-state index contributed by atoms with van der Waals surface area (Å²) in [7, 11) is 0. The maximum Gasteiger partial charge on any atom is 0.115 e. The Morgan fingerprint density at radius 1 is 1.33 bits per heavy atom. The second-order valence-electron chi connectivity index (χ2n) is 4.07. The van der Waals surface area contributed by atoms with Gasteiger partial charge in [-0.15, -0.1) is 11.6 Å². The lowest BCUT2D eigenvalue weighted by molar-refractivity contribution is 0.379. The largest absolute Gasteiger partial charge is 0.508 e. The van der Waals surface area contributed by atoms with Crippen LogP contribution in [0, 0.1) is 0 Å². The van der Waals surface area contributed by atoms with Crippen LogP contribution in [0.15, 0.2) is 24.3 Å². The topological polar surface area (TPSA) is 32.3 Å². The molecule has 1 aromatic carbocycles. The molecule has 0 aliphatic carbocycles. The first kappa shape index (κ1) is 12.3. The molecule has 15 heavy (non-hydrogen) atoms. The van der Waals surface area contributed by atoms with Gasteiger partial charge in [0.25, 0.3) is 0 Å². The quantitative estimate of drug-likeness (QED) is 0.759. The number of benzene rings is 1. The first-order valence-corrected chi connectivity index (χ1v) is 5.72. The van der Waals surface area contributed by atoms with Crippen molar-refractivity contribution in [3.63, 3.8) is 0 Å². The Kier molecular flexibility index (Phi) is 4.43. The summed E-state index contributed by atoms with van der Waals surface area (Å²) in [6, 6.07) is 7.21. The zero-order valence-electron chi connectivity index (χ0n) is 9.26. The Labute approximate surface area is 96.3 Å². The minimum atomic E-state index is -0.0144. The summed E-state index contributed by atoms with van der Waals surface area (Å²) >= 11 is 5.90. The summed E-state index contributed by atoms with van der Waals surface area (Å²) in [5.41, 5.74) is 1.14. The summed E-state index contributed by atoms with van der Waals surface area (Å²) in [6.07, 6.45) is 0.995. The number of hydrogen-bond acceptors (Lipinski definition) is 2. The third-order valence-corrected chi connectivity index (χ3v) is 3.32. The van der Waals surface area contributed by atoms with E-state index in [1.54, 1.807) is 12.1 Å². The van der Waals surface area contributed by atoms with Gasteiger partial charge < -0.3 is 10.4 Å². The molecule has 0 amide bonds. The molecule has 3 heteroatoms. The van der Waals surface area contributed by atoms with E-state index in [1.807, 2.05) is 12.1 Å². The lowest BCUT2D eigenvalue weighted by Gasteiger charge is -2.27. The fourth-order valence-corrected chi connectivity index (χ4v) is 1.48. The third-order valence-electron chi connectivity index (χ3n) is 2.73. The molecule has 1 aromatic rings. The maximum absolute atomic E-state index is 9.14. The zero-order chi connectivity index (χ0) is 11.3. The minimum Gasteiger partial charge on any atom is -0.508 e. The number of phenolic OH excluding ortho intramolecular Hbond substituents is 1. The lowest BCUT2D eigenvalue weighted by atomic mass is 10.0. The van der Waals surface area contributed by atoms with Crippen LogP contribution in [0.4, 0.5) is 0 Å². The van der Waals surface area contributed by atoms with E-state index in [-0.39, 0.29) is 5.54 Å². The molecule has 2 N–H and O–H groups in total. The smallest absolute Gasteiger partial charge is 0.115 e. The van der Waals surface area contributed by atoms with Crippen LogP contribution >= 0.6 is 11.6 Å². The molecule has 0 aliphatic heterocycles. The highest BCUT2D eigenvalue weighted by molar-refractivity contribution is 6.18. The molecule has 2 nitrogen and oxygen atoms in total. The molecule has 0 aromatic heterocycles. The summed E-state index contributed by atoms with van der Waals surface area (Å²) in [6.45, 7) is 5.00. The number of hydrogen-bond donors (Lipinski definition) is 2. The molecule has 0 saturated carbocycles. The van der Waals surface area contributed by atoms with Crippen LogP contribution < -0.4 is 5.32 Å². The van der Waals surface area contributed by atoms with Crippen molar-refractivity contribution in [3.05, 3.63) is 29.8 Å². The van der Waals surface area contributed by atoms with Crippen LogP contribution in [0.2, 0.25) is 0 Å². The predicted molar refractivity (Wildman–Crippen MR) is 64.4 cm³/mol. The second-order valence-corrected chi connectivity index (χ2v) is 4.34. The standard InChI is InChI=1S/C12H18ClNO/c1-3-12(2,9-13)14-8-10-4-6-11(15)7-5-10/h4-7,14-15H,3,8-9H2,1-2H3. The van der Waals surface area contributed by atoms with Crippen molar-refractivity contribution in [1.82, 2.24) is 5.32 Å². The highest BCUT2D eigenvalue weighted by Gasteiger charge is 2.19. The number of halogens is 1. The lowest BCUT2D eigenvalue weighted by Crippen LogP contribution is -2.42. The Morgan fingerprint density at radius 2 is 1.93 bits per heavy atom. The van der Waals surface area contributed by atoms with Crippen molar-refractivity contribution in [1.29, 1.82) is 0 Å². The van der Waals surface area contributed by atoms with E-state index in [2.05, 4.69) is 19.2 Å². The second kappa shape index (κ2) is 5.38. The Bertz CT molecular complexity index is 293. The zero-order valence-corrected chi connectivity index (χ0v) is 10.0. The van der Waals surface area contributed by atoms with Gasteiger partial charge in [0.15, 0.2) is 0 Å². The molecule has 1 atom stereocenters. The Hall–Kier alpha value is -0.730. The molecule has 0 bridgehead atoms. The molecule has 84 valence electrons. The van der Waals surface area contributed by atoms with Crippen molar-refractivity contribution < 1.29 is 5.11 Å². The predicted octanol–water partition coefficient (Wildman–Crippen LogP) is 2.89. The fourth-order valence-electron chi connectivity index (χ4n) is 1.20. The highest BCUT2D eigenvalue weighted by atomic mass is 35.5. The number of nitrogens with one attached hydrogen (secondary N) is 1. The summed E-state index contributed by atoms with van der Waals surface area (Å²) < 4.78 is 0. The molecule has 0 aliphatic rings. The highest BCUT2D eigenvalue weighted by Crippen LogP contribution is 2.14. The molecule has 1 unspecified atom stereocenters. The number of alkyl halides is 1. The van der Waals surface area contributed by atoms with Crippen molar-refractivity contribution in [3.8, 4) is 5.75 Å². The van der Waals surface area contributed by atoms with Crippen LogP contribution in [0.5, 0.6) is 5.75 Å². The van der Waals surface area contributed by atoms with Gasteiger partial charge in [-0.05, 0) is 31.0 Å². The van der Waals surface area contributed by atoms with Crippen molar-refractivity contribution in [2.45, 2.75) is 32.4 Å². The minimum absolute atomic E-state index is 0.0144. The molecule has 0 radical (unpaired) electrons. The van der Waals surface area contributed by atoms with E-state index in [0.29, 0.717) is 11.6 Å². The average molecular weight is 228 g/mol. The average Bonchev–Trinajstić information content (AvgIpc) is 2.28. The molecule has 0 fully saturated rings. The van der Waals surface area contributed by atoms with Crippen LogP contribution in [0.25, 0.3) is 0 Å². The van der Waals surface area contributed by atoms with Gasteiger partial charge in [0.2, 0.25) is 0 Å². The van der Waals surface area contributed by atoms with Crippen LogP contribution in [-0.2, 0) is 6.54 Å². The number of phenols is 1. The van der Waals surface area contributed by atoms with Gasteiger partial charge in [0, 0.05) is 18.0 Å². The van der Waals surface area contributed by atoms with Crippen LogP contribution in [0.1, 0.15) is 25.8 Å². The number of rotatable bonds is 5. The third kappa shape index (κ3) is 3.73. The van der Waals surface area contributed by atoms with Crippen molar-refractivity contribution >= 4 is 11.6 Å². The molecule has 0 saturated heterocycles. The first-order valence-electron chi connectivity index (χ1n) is 5.18. The fraction of sp³-hybridized carbons (Fsp3) is 0.500. The van der Waals surface area contributed by atoms with E-state index in [0.717, 1.165) is 18.5 Å². The van der Waals surface area contributed by atoms with E-state index in [9.17, 15) is 0 Å². The molecule has 0 spiro atoms. The summed E-state index contributed by atoms with van der Waals surface area (Å²) in [5.74, 6) is 0.899. The molecular weight excluding hydrogens is 210 g/mol. The van der Waals surface area contributed by atoms with Gasteiger partial charge in [-0.2, -0.15) is 0 Å². The van der Waals surface area contributed by atoms with E-state index < -0.39 is 0 Å². The summed E-state index contributed by atoms with van der Waals surface area (Å²) in [5, 5.41) is 12.6. The van der Waals surface area contributed by atoms with E-state index in [4.69, 9.17) is 16.7 Å². The molecule has 0 heterocycles. The van der Waals surface area contributed by atoms with Crippen molar-refractivity contribution in [2.24, 2.45) is 0 Å². The van der Waals surface area contributed by atoms with Crippen molar-refractivity contribution in [2.75, 3.05) is 5.88 Å². The van der Waals surface area contributed by atoms with E-state index >= 15 is 0 Å². The monoisotopic (exact) mass is 227 g/mol. The van der Waals surface area contributed by atoms with Gasteiger partial charge in [-0.25, -0.2) is 0 Å². The Morgan fingerprint density at radius 3 is 2.40 bits per heavy atom. The SMILES string of the molecule is CCC(C)(CCl)NCc1ccc(O)cc1. The van der Waals surface area contributed by atoms with Gasteiger partial charge in [0.05, 0.1) is 0 Å². The Balaban J connectivity index is 2.53. The van der Waals surface area contributed by atoms with Gasteiger partial charge >= 0.3 is 0 Å². The van der Waals surface area contributed by atoms with Crippen LogP contribution in [-0.4, -0.2) is 16.5 Å². The number of aromatic hydroxyl groups is 1. The summed E-state index contributed by atoms with van der Waals surface area (Å²) in [4.78, 5) is 0. The molecular formula is C12H18ClNO. The van der Waals surface area contributed by atoms with Gasteiger partial charge in [-0.1, -0.05) is 19.1 Å². The molecule has 1 rings (SSSR count). The van der Waals surface area contributed by atoms with Gasteiger partial charge in [0.1, 0.15) is 5.75 Å².